The Bertz CT molecular complexity index is 428. The molecule has 0 spiro atoms. The van der Waals surface area contributed by atoms with E-state index in [-0.39, 0.29) is 11.7 Å². The number of hydrogen-bond donors (Lipinski definition) is 1. The number of benzene rings is 1. The van der Waals surface area contributed by atoms with Crippen LogP contribution in [0.4, 0.5) is 15.8 Å². The molecule has 0 atom stereocenters. The summed E-state index contributed by atoms with van der Waals surface area (Å²) < 4.78 is 13.9. The van der Waals surface area contributed by atoms with E-state index in [1.54, 1.807) is 12.1 Å². The molecule has 2 N–H and O–H groups in total. The number of hydrogen-bond acceptors (Lipinski definition) is 2. The van der Waals surface area contributed by atoms with Crippen LogP contribution >= 0.6 is 11.6 Å². The highest BCUT2D eigenvalue weighted by Gasteiger charge is 2.15. The number of aliphatic imine (C=N–C) groups is 1. The summed E-state index contributed by atoms with van der Waals surface area (Å²) in [6, 6.07) is 4.91. The molecular weight excluding hydrogens is 241 g/mol. The Morgan fingerprint density at radius 1 is 1.41 bits per heavy atom. The van der Waals surface area contributed by atoms with Crippen molar-refractivity contribution in [3.63, 3.8) is 0 Å². The first kappa shape index (κ1) is 12.2. The molecule has 1 fully saturated rings. The second-order valence-corrected chi connectivity index (χ2v) is 4.33. The van der Waals surface area contributed by atoms with Crippen LogP contribution in [-0.2, 0) is 0 Å². The van der Waals surface area contributed by atoms with Crippen LogP contribution in [0.3, 0.4) is 0 Å². The van der Waals surface area contributed by atoms with Crippen LogP contribution in [-0.4, -0.2) is 24.8 Å². The van der Waals surface area contributed by atoms with Crippen molar-refractivity contribution in [3.05, 3.63) is 24.0 Å². The van der Waals surface area contributed by atoms with Gasteiger partial charge < -0.3 is 10.6 Å². The summed E-state index contributed by atoms with van der Waals surface area (Å²) in [5.74, 6) is 0.186. The normalized spacial score (nSPS) is 16.6. The maximum atomic E-state index is 13.9. The summed E-state index contributed by atoms with van der Waals surface area (Å²) >= 11 is 5.52. The van der Waals surface area contributed by atoms with E-state index in [0.717, 1.165) is 25.9 Å². The lowest BCUT2D eigenvalue weighted by Gasteiger charge is -2.18. The van der Waals surface area contributed by atoms with Gasteiger partial charge in [-0.15, -0.1) is 11.6 Å². The molecule has 3 nitrogen and oxygen atoms in total. The van der Waals surface area contributed by atoms with Gasteiger partial charge in [-0.05, 0) is 25.0 Å². The molecule has 1 aliphatic rings. The molecule has 0 amide bonds. The second-order valence-electron chi connectivity index (χ2n) is 4.07. The molecular formula is C12H15ClFN3. The summed E-state index contributed by atoms with van der Waals surface area (Å²) in [4.78, 5) is 6.06. The van der Waals surface area contributed by atoms with Crippen molar-refractivity contribution in [1.29, 1.82) is 0 Å². The lowest BCUT2D eigenvalue weighted by molar-refractivity contribution is 0.623. The molecule has 2 rings (SSSR count). The molecule has 0 radical (unpaired) electrons. The van der Waals surface area contributed by atoms with E-state index in [9.17, 15) is 4.39 Å². The van der Waals surface area contributed by atoms with Gasteiger partial charge >= 0.3 is 0 Å². The van der Waals surface area contributed by atoms with E-state index in [4.69, 9.17) is 17.3 Å². The van der Waals surface area contributed by atoms with E-state index in [0.29, 0.717) is 17.2 Å². The summed E-state index contributed by atoms with van der Waals surface area (Å²) in [6.07, 6.45) is 2.25. The van der Waals surface area contributed by atoms with E-state index < -0.39 is 0 Å². The van der Waals surface area contributed by atoms with Crippen LogP contribution < -0.4 is 10.6 Å². The summed E-state index contributed by atoms with van der Waals surface area (Å²) in [7, 11) is 0. The van der Waals surface area contributed by atoms with Crippen molar-refractivity contribution >= 4 is 28.8 Å². The molecule has 5 heteroatoms. The maximum Gasteiger partial charge on any atom is 0.148 e. The van der Waals surface area contributed by atoms with Crippen LogP contribution in [0, 0.1) is 5.82 Å². The zero-order valence-electron chi connectivity index (χ0n) is 9.50. The standard InChI is InChI=1S/C12H15ClFN3/c13-8-12(15)16-9-3-4-11(10(14)7-9)17-5-1-2-6-17/h3-4,7H,1-2,5-6,8H2,(H2,15,16). The molecule has 92 valence electrons. The number of nitrogens with zero attached hydrogens (tertiary/aromatic N) is 2. The molecule has 0 aliphatic carbocycles. The van der Waals surface area contributed by atoms with E-state index >= 15 is 0 Å². The lowest BCUT2D eigenvalue weighted by atomic mass is 10.2. The van der Waals surface area contributed by atoms with E-state index in [2.05, 4.69) is 4.99 Å². The summed E-state index contributed by atoms with van der Waals surface area (Å²) in [5.41, 5.74) is 6.65. The predicted octanol–water partition coefficient (Wildman–Crippen LogP) is 2.65. The smallest absolute Gasteiger partial charge is 0.148 e. The second kappa shape index (κ2) is 5.36. The fourth-order valence-electron chi connectivity index (χ4n) is 1.98. The molecule has 1 saturated heterocycles. The molecule has 0 bridgehead atoms. The zero-order valence-corrected chi connectivity index (χ0v) is 10.3. The Kier molecular flexibility index (Phi) is 3.84. The third-order valence-corrected chi connectivity index (χ3v) is 3.06. The molecule has 0 aromatic heterocycles. The van der Waals surface area contributed by atoms with Gasteiger partial charge in [-0.2, -0.15) is 0 Å². The Morgan fingerprint density at radius 3 is 2.71 bits per heavy atom. The van der Waals surface area contributed by atoms with Crippen molar-refractivity contribution in [2.75, 3.05) is 23.9 Å². The van der Waals surface area contributed by atoms with Gasteiger partial charge in [0.2, 0.25) is 0 Å². The fraction of sp³-hybridized carbons (Fsp3) is 0.417. The van der Waals surface area contributed by atoms with Gasteiger partial charge in [0.15, 0.2) is 0 Å². The molecule has 0 saturated carbocycles. The first-order valence-corrected chi connectivity index (χ1v) is 6.17. The van der Waals surface area contributed by atoms with Crippen LogP contribution in [0.5, 0.6) is 0 Å². The Morgan fingerprint density at radius 2 is 2.12 bits per heavy atom. The zero-order chi connectivity index (χ0) is 12.3. The highest BCUT2D eigenvalue weighted by molar-refractivity contribution is 6.28. The van der Waals surface area contributed by atoms with Crippen LogP contribution in [0.15, 0.2) is 23.2 Å². The van der Waals surface area contributed by atoms with Crippen molar-refractivity contribution in [2.24, 2.45) is 10.7 Å². The summed E-state index contributed by atoms with van der Waals surface area (Å²) in [5, 5.41) is 0. The quantitative estimate of drug-likeness (QED) is 0.513. The number of rotatable bonds is 3. The number of halogens is 2. The van der Waals surface area contributed by atoms with Gasteiger partial charge in [0.25, 0.3) is 0 Å². The Hall–Kier alpha value is -1.29. The first-order valence-electron chi connectivity index (χ1n) is 5.64. The van der Waals surface area contributed by atoms with Crippen molar-refractivity contribution in [3.8, 4) is 0 Å². The minimum atomic E-state index is -0.254. The van der Waals surface area contributed by atoms with Crippen molar-refractivity contribution in [1.82, 2.24) is 0 Å². The molecule has 1 aromatic rings. The molecule has 1 aliphatic heterocycles. The number of anilines is 1. The number of alkyl halides is 1. The number of nitrogens with two attached hydrogens (primary N) is 1. The number of amidine groups is 1. The van der Waals surface area contributed by atoms with Gasteiger partial charge in [0.1, 0.15) is 11.7 Å². The van der Waals surface area contributed by atoms with Crippen molar-refractivity contribution < 1.29 is 4.39 Å². The third kappa shape index (κ3) is 2.88. The van der Waals surface area contributed by atoms with Crippen LogP contribution in [0.25, 0.3) is 0 Å². The van der Waals surface area contributed by atoms with E-state index in [1.165, 1.54) is 6.07 Å². The predicted molar refractivity (Wildman–Crippen MR) is 69.8 cm³/mol. The van der Waals surface area contributed by atoms with Crippen molar-refractivity contribution in [2.45, 2.75) is 12.8 Å². The SMILES string of the molecule is NC(CCl)=Nc1ccc(N2CCCC2)c(F)c1. The highest BCUT2D eigenvalue weighted by Crippen LogP contribution is 2.27. The first-order chi connectivity index (χ1) is 8.20. The van der Waals surface area contributed by atoms with Gasteiger partial charge in [-0.1, -0.05) is 0 Å². The van der Waals surface area contributed by atoms with Gasteiger partial charge in [-0.25, -0.2) is 9.38 Å². The maximum absolute atomic E-state index is 13.9. The average Bonchev–Trinajstić information content (AvgIpc) is 2.82. The van der Waals surface area contributed by atoms with Crippen LogP contribution in [0.2, 0.25) is 0 Å². The molecule has 0 unspecified atom stereocenters. The Labute approximate surface area is 105 Å². The van der Waals surface area contributed by atoms with Gasteiger partial charge in [0.05, 0.1) is 17.3 Å². The minimum absolute atomic E-state index is 0.148. The topological polar surface area (TPSA) is 41.6 Å². The highest BCUT2D eigenvalue weighted by atomic mass is 35.5. The lowest BCUT2D eigenvalue weighted by Crippen LogP contribution is -2.18. The van der Waals surface area contributed by atoms with Gasteiger partial charge in [-0.3, -0.25) is 0 Å². The van der Waals surface area contributed by atoms with E-state index in [1.807, 2.05) is 4.90 Å². The third-order valence-electron chi connectivity index (χ3n) is 2.79. The van der Waals surface area contributed by atoms with Gasteiger partial charge in [0, 0.05) is 19.2 Å². The summed E-state index contributed by atoms with van der Waals surface area (Å²) in [6.45, 7) is 1.84. The monoisotopic (exact) mass is 255 g/mol. The fourth-order valence-corrected chi connectivity index (χ4v) is 2.04. The molecule has 17 heavy (non-hydrogen) atoms. The molecule has 1 aromatic carbocycles. The van der Waals surface area contributed by atoms with Crippen LogP contribution in [0.1, 0.15) is 12.8 Å². The average molecular weight is 256 g/mol. The largest absolute Gasteiger partial charge is 0.386 e. The molecule has 1 heterocycles. The minimum Gasteiger partial charge on any atom is -0.386 e. The Balaban J connectivity index is 2.22.